The second kappa shape index (κ2) is 15.7. The summed E-state index contributed by atoms with van der Waals surface area (Å²) in [6.07, 6.45) is 0.366. The molecule has 48 heavy (non-hydrogen) atoms. The quantitative estimate of drug-likeness (QED) is 0.156. The molecule has 5 N–H and O–H groups in total. The third kappa shape index (κ3) is 9.77. The predicted molar refractivity (Wildman–Crippen MR) is 178 cm³/mol. The molecule has 4 rings (SSSR count). The SMILES string of the molecule is COC(=O)CC1Nc2ccc(C(=O)N(C)Cc3nc4ccccc4[nH]3)cc2CN(CCCNC(=O)[C@@H](N)CCC(=O)OC(C)(C)C)C1=O. The van der Waals surface area contributed by atoms with E-state index in [4.69, 9.17) is 15.2 Å². The number of fused-ring (bicyclic) bond motifs is 2. The molecule has 2 heterocycles. The van der Waals surface area contributed by atoms with E-state index >= 15 is 0 Å². The summed E-state index contributed by atoms with van der Waals surface area (Å²) in [5, 5.41) is 5.92. The fourth-order valence-electron chi connectivity index (χ4n) is 5.34. The molecule has 258 valence electrons. The Morgan fingerprint density at radius 1 is 1.15 bits per heavy atom. The summed E-state index contributed by atoms with van der Waals surface area (Å²) >= 11 is 0. The lowest BCUT2D eigenvalue weighted by molar-refractivity contribution is -0.155. The van der Waals surface area contributed by atoms with Gasteiger partial charge in [-0.1, -0.05) is 12.1 Å². The van der Waals surface area contributed by atoms with Crippen LogP contribution in [-0.2, 0) is 41.7 Å². The van der Waals surface area contributed by atoms with Crippen LogP contribution in [0.15, 0.2) is 42.5 Å². The topological polar surface area (TPSA) is 189 Å². The third-order valence-corrected chi connectivity index (χ3v) is 7.74. The van der Waals surface area contributed by atoms with Crippen molar-refractivity contribution in [2.75, 3.05) is 32.6 Å². The van der Waals surface area contributed by atoms with Crippen molar-refractivity contribution in [3.8, 4) is 0 Å². The highest BCUT2D eigenvalue weighted by Crippen LogP contribution is 2.26. The van der Waals surface area contributed by atoms with Crippen molar-refractivity contribution in [2.45, 2.75) is 77.2 Å². The van der Waals surface area contributed by atoms with E-state index in [1.807, 2.05) is 24.3 Å². The van der Waals surface area contributed by atoms with Gasteiger partial charge in [-0.05, 0) is 69.5 Å². The molecule has 1 aliphatic heterocycles. The number of carbonyl (C=O) groups is 5. The van der Waals surface area contributed by atoms with Gasteiger partial charge in [-0.2, -0.15) is 0 Å². The molecule has 1 aliphatic rings. The number of anilines is 1. The number of aromatic amines is 1. The number of amides is 3. The monoisotopic (exact) mass is 663 g/mol. The maximum atomic E-state index is 13.6. The first kappa shape index (κ1) is 35.9. The van der Waals surface area contributed by atoms with Crippen molar-refractivity contribution in [1.29, 1.82) is 0 Å². The van der Waals surface area contributed by atoms with Crippen molar-refractivity contribution >= 4 is 46.4 Å². The molecule has 0 saturated heterocycles. The Morgan fingerprint density at radius 2 is 1.90 bits per heavy atom. The standard InChI is InChI=1S/C34H45N7O7/c1-34(2,3)48-29(42)14-12-23(35)31(44)36-15-8-16-41-19-22-17-21(11-13-24(22)37-27(33(41)46)18-30(43)47-5)32(45)40(4)20-28-38-25-9-6-7-10-26(25)39-28/h6-7,9-11,13,17,23,27,37H,8,12,14-16,18-20,35H2,1-5H3,(H,36,44)(H,38,39)/t23-,27?/m0/s1. The van der Waals surface area contributed by atoms with Crippen LogP contribution < -0.4 is 16.4 Å². The van der Waals surface area contributed by atoms with E-state index in [1.165, 1.54) is 7.11 Å². The number of nitrogens with zero attached hydrogens (tertiary/aromatic N) is 3. The first-order valence-corrected chi connectivity index (χ1v) is 15.9. The number of hydrogen-bond donors (Lipinski definition) is 4. The summed E-state index contributed by atoms with van der Waals surface area (Å²) in [5.74, 6) is -1.27. The number of esters is 2. The number of ether oxygens (including phenoxy) is 2. The Kier molecular flexibility index (Phi) is 11.8. The Morgan fingerprint density at radius 3 is 2.60 bits per heavy atom. The minimum absolute atomic E-state index is 0.0162. The van der Waals surface area contributed by atoms with Crippen molar-refractivity contribution in [1.82, 2.24) is 25.1 Å². The number of hydrogen-bond acceptors (Lipinski definition) is 10. The summed E-state index contributed by atoms with van der Waals surface area (Å²) in [6.45, 7) is 6.23. The lowest BCUT2D eigenvalue weighted by Gasteiger charge is -2.24. The van der Waals surface area contributed by atoms with Crippen molar-refractivity contribution in [3.63, 3.8) is 0 Å². The van der Waals surface area contributed by atoms with E-state index in [2.05, 4.69) is 20.6 Å². The first-order valence-electron chi connectivity index (χ1n) is 15.9. The number of nitrogens with one attached hydrogen (secondary N) is 3. The number of carbonyl (C=O) groups excluding carboxylic acids is 5. The van der Waals surface area contributed by atoms with Crippen LogP contribution in [-0.4, -0.2) is 94.4 Å². The van der Waals surface area contributed by atoms with E-state index in [0.717, 1.165) is 11.0 Å². The highest BCUT2D eigenvalue weighted by molar-refractivity contribution is 5.96. The molecule has 3 amide bonds. The van der Waals surface area contributed by atoms with Gasteiger partial charge in [-0.15, -0.1) is 0 Å². The molecule has 0 fully saturated rings. The predicted octanol–water partition coefficient (Wildman–Crippen LogP) is 2.48. The number of nitrogens with two attached hydrogens (primary N) is 1. The first-order chi connectivity index (χ1) is 22.7. The number of H-pyrrole nitrogens is 1. The largest absolute Gasteiger partial charge is 0.469 e. The van der Waals surface area contributed by atoms with Crippen LogP contribution in [0.1, 0.15) is 68.2 Å². The molecule has 0 spiro atoms. The normalized spacial score (nSPS) is 15.2. The number of rotatable bonds is 13. The van der Waals surface area contributed by atoms with Crippen LogP contribution in [0.25, 0.3) is 11.0 Å². The maximum absolute atomic E-state index is 13.6. The Hall–Kier alpha value is -4.98. The number of aromatic nitrogens is 2. The van der Waals surface area contributed by atoms with E-state index in [-0.39, 0.29) is 57.3 Å². The van der Waals surface area contributed by atoms with E-state index in [0.29, 0.717) is 29.1 Å². The number of para-hydroxylation sites is 2. The van der Waals surface area contributed by atoms with Crippen molar-refractivity contribution in [3.05, 3.63) is 59.4 Å². The second-order valence-corrected chi connectivity index (χ2v) is 12.8. The molecule has 14 nitrogen and oxygen atoms in total. The van der Waals surface area contributed by atoms with Gasteiger partial charge in [0.25, 0.3) is 5.91 Å². The second-order valence-electron chi connectivity index (χ2n) is 12.8. The highest BCUT2D eigenvalue weighted by Gasteiger charge is 2.32. The number of benzene rings is 2. The molecule has 2 atom stereocenters. The van der Waals surface area contributed by atoms with Crippen LogP contribution in [0.2, 0.25) is 0 Å². The summed E-state index contributed by atoms with van der Waals surface area (Å²) in [6, 6.07) is 11.0. The summed E-state index contributed by atoms with van der Waals surface area (Å²) in [7, 11) is 2.95. The third-order valence-electron chi connectivity index (χ3n) is 7.74. The van der Waals surface area contributed by atoms with Gasteiger partial charge in [0.05, 0.1) is 37.2 Å². The average Bonchev–Trinajstić information content (AvgIpc) is 3.40. The van der Waals surface area contributed by atoms with E-state index in [1.54, 1.807) is 55.8 Å². The molecule has 1 aromatic heterocycles. The fourth-order valence-corrected chi connectivity index (χ4v) is 5.34. The summed E-state index contributed by atoms with van der Waals surface area (Å²) in [5.41, 5.74) is 8.81. The smallest absolute Gasteiger partial charge is 0.308 e. The van der Waals surface area contributed by atoms with Gasteiger partial charge in [0.15, 0.2) is 0 Å². The van der Waals surface area contributed by atoms with Gasteiger partial charge in [0.1, 0.15) is 17.5 Å². The van der Waals surface area contributed by atoms with Crippen LogP contribution in [0.3, 0.4) is 0 Å². The van der Waals surface area contributed by atoms with E-state index in [9.17, 15) is 24.0 Å². The lowest BCUT2D eigenvalue weighted by Crippen LogP contribution is -2.44. The summed E-state index contributed by atoms with van der Waals surface area (Å²) < 4.78 is 10.1. The summed E-state index contributed by atoms with van der Waals surface area (Å²) in [4.78, 5) is 74.6. The molecule has 0 bridgehead atoms. The Labute approximate surface area is 279 Å². The fraction of sp³-hybridized carbons (Fsp3) is 0.471. The molecule has 3 aromatic rings. The van der Waals surface area contributed by atoms with Gasteiger partial charge in [-0.25, -0.2) is 4.98 Å². The maximum Gasteiger partial charge on any atom is 0.308 e. The molecule has 1 unspecified atom stereocenters. The zero-order valence-electron chi connectivity index (χ0n) is 28.1. The Bertz CT molecular complexity index is 1610. The van der Waals surface area contributed by atoms with Crippen LogP contribution >= 0.6 is 0 Å². The van der Waals surface area contributed by atoms with Crippen LogP contribution in [0, 0.1) is 0 Å². The van der Waals surface area contributed by atoms with Crippen LogP contribution in [0.4, 0.5) is 5.69 Å². The minimum Gasteiger partial charge on any atom is -0.469 e. The molecule has 0 radical (unpaired) electrons. The van der Waals surface area contributed by atoms with Gasteiger partial charge >= 0.3 is 11.9 Å². The zero-order valence-corrected chi connectivity index (χ0v) is 28.1. The highest BCUT2D eigenvalue weighted by atomic mass is 16.6. The Balaban J connectivity index is 1.39. The molecular formula is C34H45N7O7. The molecular weight excluding hydrogens is 618 g/mol. The average molecular weight is 664 g/mol. The van der Waals surface area contributed by atoms with Gasteiger partial charge in [0, 0.05) is 44.4 Å². The lowest BCUT2D eigenvalue weighted by atomic mass is 10.1. The molecule has 0 saturated carbocycles. The number of imidazole rings is 1. The molecule has 0 aliphatic carbocycles. The van der Waals surface area contributed by atoms with Gasteiger partial charge in [0.2, 0.25) is 11.8 Å². The van der Waals surface area contributed by atoms with E-state index < -0.39 is 35.5 Å². The molecule has 14 heteroatoms. The van der Waals surface area contributed by atoms with Crippen molar-refractivity contribution < 1.29 is 33.4 Å². The molecule has 2 aromatic carbocycles. The number of methoxy groups -OCH3 is 1. The zero-order chi connectivity index (χ0) is 35.0. The van der Waals surface area contributed by atoms with Gasteiger partial charge < -0.3 is 40.6 Å². The van der Waals surface area contributed by atoms with Crippen LogP contribution in [0.5, 0.6) is 0 Å². The van der Waals surface area contributed by atoms with Crippen molar-refractivity contribution in [2.24, 2.45) is 5.73 Å². The van der Waals surface area contributed by atoms with Gasteiger partial charge in [-0.3, -0.25) is 24.0 Å². The minimum atomic E-state index is -0.890.